The lowest BCUT2D eigenvalue weighted by atomic mass is 10.1. The van der Waals surface area contributed by atoms with Gasteiger partial charge in [-0.1, -0.05) is 15.9 Å². The summed E-state index contributed by atoms with van der Waals surface area (Å²) in [5.41, 5.74) is 1.72. The molecule has 128 valence electrons. The quantitative estimate of drug-likeness (QED) is 0.565. The molecular weight excluding hydrogens is 386 g/mol. The van der Waals surface area contributed by atoms with Crippen molar-refractivity contribution in [2.24, 2.45) is 0 Å². The van der Waals surface area contributed by atoms with Crippen LogP contribution in [0.4, 0.5) is 5.69 Å². The van der Waals surface area contributed by atoms with Gasteiger partial charge in [-0.2, -0.15) is 0 Å². The number of carbonyl (C=O) groups is 2. The van der Waals surface area contributed by atoms with Crippen molar-refractivity contribution < 1.29 is 18.7 Å². The molecule has 0 unspecified atom stereocenters. The second-order valence-corrected chi connectivity index (χ2v) is 6.29. The van der Waals surface area contributed by atoms with Crippen molar-refractivity contribution in [3.05, 3.63) is 69.7 Å². The maximum Gasteiger partial charge on any atom is 0.340 e. The van der Waals surface area contributed by atoms with Crippen molar-refractivity contribution in [3.63, 3.8) is 0 Å². The van der Waals surface area contributed by atoms with E-state index in [1.54, 1.807) is 32.1 Å². The van der Waals surface area contributed by atoms with E-state index >= 15 is 0 Å². The molecule has 0 atom stereocenters. The first-order valence-corrected chi connectivity index (χ1v) is 8.55. The standard InChI is InChI=1S/C19H16BrNO4/c1-3-24-19(23)17-12(2)21(14-8-6-13(20)7-9-14)18(22)16(17)11-15-5-4-10-25-15/h4-11H,3H2,1-2H3. The Labute approximate surface area is 153 Å². The molecule has 0 saturated heterocycles. The van der Waals surface area contributed by atoms with Gasteiger partial charge in [-0.3, -0.25) is 9.69 Å². The Morgan fingerprint density at radius 2 is 2.00 bits per heavy atom. The minimum absolute atomic E-state index is 0.232. The maximum absolute atomic E-state index is 13.0. The van der Waals surface area contributed by atoms with E-state index in [4.69, 9.17) is 9.15 Å². The number of hydrogen-bond donors (Lipinski definition) is 0. The third-order valence-electron chi connectivity index (χ3n) is 3.79. The number of anilines is 1. The van der Waals surface area contributed by atoms with Crippen molar-refractivity contribution in [3.8, 4) is 0 Å². The number of nitrogens with zero attached hydrogens (tertiary/aromatic N) is 1. The van der Waals surface area contributed by atoms with Crippen molar-refractivity contribution in [2.45, 2.75) is 13.8 Å². The number of hydrogen-bond acceptors (Lipinski definition) is 4. The molecule has 0 bridgehead atoms. The molecule has 25 heavy (non-hydrogen) atoms. The number of carbonyl (C=O) groups excluding carboxylic acids is 2. The van der Waals surface area contributed by atoms with E-state index in [0.29, 0.717) is 17.1 Å². The highest BCUT2D eigenvalue weighted by atomic mass is 79.9. The Morgan fingerprint density at radius 3 is 2.60 bits per heavy atom. The van der Waals surface area contributed by atoms with E-state index in [9.17, 15) is 9.59 Å². The summed E-state index contributed by atoms with van der Waals surface area (Å²) in [5.74, 6) is -0.319. The number of benzene rings is 1. The molecule has 0 N–H and O–H groups in total. The fourth-order valence-corrected chi connectivity index (χ4v) is 2.96. The lowest BCUT2D eigenvalue weighted by Crippen LogP contribution is -2.24. The van der Waals surface area contributed by atoms with E-state index < -0.39 is 5.97 Å². The zero-order chi connectivity index (χ0) is 18.0. The first kappa shape index (κ1) is 17.2. The molecule has 6 heteroatoms. The number of halogens is 1. The zero-order valence-corrected chi connectivity index (χ0v) is 15.4. The largest absolute Gasteiger partial charge is 0.465 e. The lowest BCUT2D eigenvalue weighted by molar-refractivity contribution is -0.138. The third kappa shape index (κ3) is 3.30. The van der Waals surface area contributed by atoms with Crippen LogP contribution < -0.4 is 4.90 Å². The van der Waals surface area contributed by atoms with Gasteiger partial charge in [-0.25, -0.2) is 4.79 Å². The smallest absolute Gasteiger partial charge is 0.340 e. The van der Waals surface area contributed by atoms with Crippen LogP contribution in [0.15, 0.2) is 68.4 Å². The predicted molar refractivity (Wildman–Crippen MR) is 97.6 cm³/mol. The summed E-state index contributed by atoms with van der Waals surface area (Å²) in [4.78, 5) is 26.9. The maximum atomic E-state index is 13.0. The van der Waals surface area contributed by atoms with E-state index in [2.05, 4.69) is 15.9 Å². The summed E-state index contributed by atoms with van der Waals surface area (Å²) in [6.07, 6.45) is 3.08. The fraction of sp³-hybridized carbons (Fsp3) is 0.158. The van der Waals surface area contributed by atoms with Crippen LogP contribution in [0.5, 0.6) is 0 Å². The van der Waals surface area contributed by atoms with Gasteiger partial charge >= 0.3 is 5.97 Å². The average molecular weight is 402 g/mol. The van der Waals surface area contributed by atoms with E-state index in [-0.39, 0.29) is 23.7 Å². The molecule has 0 aliphatic carbocycles. The summed E-state index contributed by atoms with van der Waals surface area (Å²) in [6.45, 7) is 3.69. The van der Waals surface area contributed by atoms with Gasteiger partial charge in [-0.05, 0) is 56.3 Å². The SMILES string of the molecule is CCOC(=O)C1=C(C)N(c2ccc(Br)cc2)C(=O)C1=Cc1ccco1. The van der Waals surface area contributed by atoms with Crippen LogP contribution in [0.3, 0.4) is 0 Å². The second-order valence-electron chi connectivity index (χ2n) is 5.37. The monoisotopic (exact) mass is 401 g/mol. The molecule has 0 radical (unpaired) electrons. The minimum atomic E-state index is -0.522. The van der Waals surface area contributed by atoms with Crippen LogP contribution in [0.1, 0.15) is 19.6 Å². The summed E-state index contributed by atoms with van der Waals surface area (Å²) < 4.78 is 11.3. The van der Waals surface area contributed by atoms with Crippen LogP contribution in [0.25, 0.3) is 6.08 Å². The molecule has 1 aliphatic heterocycles. The molecule has 0 fully saturated rings. The summed E-state index contributed by atoms with van der Waals surface area (Å²) in [7, 11) is 0. The molecule has 1 amide bonds. The number of allylic oxidation sites excluding steroid dienone is 1. The molecule has 1 aromatic carbocycles. The predicted octanol–water partition coefficient (Wildman–Crippen LogP) is 4.31. The Balaban J connectivity index is 2.11. The molecule has 0 saturated carbocycles. The van der Waals surface area contributed by atoms with Gasteiger partial charge in [0.1, 0.15) is 5.76 Å². The van der Waals surface area contributed by atoms with Crippen molar-refractivity contribution in [1.29, 1.82) is 0 Å². The molecule has 1 aromatic heterocycles. The summed E-state index contributed by atoms with van der Waals surface area (Å²) in [5, 5.41) is 0. The van der Waals surface area contributed by atoms with Crippen molar-refractivity contribution in [2.75, 3.05) is 11.5 Å². The van der Waals surface area contributed by atoms with Crippen LogP contribution in [0, 0.1) is 0 Å². The molecule has 1 aliphatic rings. The molecule has 3 rings (SSSR count). The number of furan rings is 1. The second kappa shape index (κ2) is 7.11. The summed E-state index contributed by atoms with van der Waals surface area (Å²) in [6, 6.07) is 10.7. The first-order valence-electron chi connectivity index (χ1n) is 7.76. The van der Waals surface area contributed by atoms with E-state index in [1.165, 1.54) is 11.2 Å². The van der Waals surface area contributed by atoms with Crippen LogP contribution >= 0.6 is 15.9 Å². The number of amides is 1. The van der Waals surface area contributed by atoms with Gasteiger partial charge in [0.25, 0.3) is 5.91 Å². The Kier molecular flexibility index (Phi) is 4.90. The number of ether oxygens (including phenoxy) is 1. The third-order valence-corrected chi connectivity index (χ3v) is 4.32. The molecule has 2 aromatic rings. The van der Waals surface area contributed by atoms with Gasteiger partial charge in [0.15, 0.2) is 0 Å². The lowest BCUT2D eigenvalue weighted by Gasteiger charge is -2.17. The normalized spacial score (nSPS) is 16.0. The van der Waals surface area contributed by atoms with Crippen LogP contribution in [-0.2, 0) is 14.3 Å². The number of esters is 1. The van der Waals surface area contributed by atoms with Gasteiger partial charge in [0.05, 0.1) is 24.0 Å². The highest BCUT2D eigenvalue weighted by molar-refractivity contribution is 9.10. The minimum Gasteiger partial charge on any atom is -0.465 e. The molecule has 5 nitrogen and oxygen atoms in total. The Morgan fingerprint density at radius 1 is 1.28 bits per heavy atom. The summed E-state index contributed by atoms with van der Waals surface area (Å²) >= 11 is 3.38. The molecular formula is C19H16BrNO4. The van der Waals surface area contributed by atoms with Gasteiger partial charge in [0.2, 0.25) is 0 Å². The Bertz CT molecular complexity index is 863. The van der Waals surface area contributed by atoms with E-state index in [1.807, 2.05) is 24.3 Å². The molecule has 0 spiro atoms. The van der Waals surface area contributed by atoms with Gasteiger partial charge in [0, 0.05) is 15.9 Å². The van der Waals surface area contributed by atoms with Crippen LogP contribution in [0.2, 0.25) is 0 Å². The highest BCUT2D eigenvalue weighted by Crippen LogP contribution is 2.35. The highest BCUT2D eigenvalue weighted by Gasteiger charge is 2.38. The average Bonchev–Trinajstić information content (AvgIpc) is 3.17. The topological polar surface area (TPSA) is 59.8 Å². The Hall–Kier alpha value is -2.60. The van der Waals surface area contributed by atoms with Gasteiger partial charge in [-0.15, -0.1) is 0 Å². The van der Waals surface area contributed by atoms with Gasteiger partial charge < -0.3 is 9.15 Å². The van der Waals surface area contributed by atoms with E-state index in [0.717, 1.165) is 4.47 Å². The first-order chi connectivity index (χ1) is 12.0. The fourth-order valence-electron chi connectivity index (χ4n) is 2.70. The van der Waals surface area contributed by atoms with Crippen molar-refractivity contribution in [1.82, 2.24) is 0 Å². The molecule has 2 heterocycles. The number of rotatable bonds is 4. The van der Waals surface area contributed by atoms with Crippen LogP contribution in [-0.4, -0.2) is 18.5 Å². The zero-order valence-electron chi connectivity index (χ0n) is 13.8. The van der Waals surface area contributed by atoms with Crippen molar-refractivity contribution >= 4 is 39.6 Å².